The highest BCUT2D eigenvalue weighted by molar-refractivity contribution is 4.93. The van der Waals surface area contributed by atoms with Crippen LogP contribution in [0.5, 0.6) is 0 Å². The van der Waals surface area contributed by atoms with E-state index in [1.54, 1.807) is 19.3 Å². The summed E-state index contributed by atoms with van der Waals surface area (Å²) < 4.78 is 0. The zero-order valence-corrected chi connectivity index (χ0v) is 7.84. The maximum absolute atomic E-state index is 2.44. The molecular weight excluding hydrogens is 132 g/mol. The molecule has 0 N–H and O–H groups in total. The van der Waals surface area contributed by atoms with Crippen molar-refractivity contribution in [2.45, 2.75) is 46.0 Å². The summed E-state index contributed by atoms with van der Waals surface area (Å²) in [6, 6.07) is 0. The minimum atomic E-state index is 1.01. The first kappa shape index (κ1) is 7.64. The first-order chi connectivity index (χ1) is 5.33. The summed E-state index contributed by atoms with van der Waals surface area (Å²) >= 11 is 0. The molecule has 2 aliphatic carbocycles. The fourth-order valence-corrected chi connectivity index (χ4v) is 2.67. The zero-order chi connectivity index (χ0) is 7.84. The van der Waals surface area contributed by atoms with Crippen molar-refractivity contribution in [1.82, 2.24) is 0 Å². The van der Waals surface area contributed by atoms with Crippen molar-refractivity contribution in [2.24, 2.45) is 23.7 Å². The van der Waals surface area contributed by atoms with Crippen LogP contribution < -0.4 is 0 Å². The highest BCUT2D eigenvalue weighted by Crippen LogP contribution is 2.53. The minimum Gasteiger partial charge on any atom is -0.0651 e. The largest absolute Gasteiger partial charge is 0.0651 e. The summed E-state index contributed by atoms with van der Waals surface area (Å²) in [5, 5.41) is 0. The van der Waals surface area contributed by atoms with Crippen molar-refractivity contribution in [2.75, 3.05) is 0 Å². The second kappa shape index (κ2) is 2.80. The smallest absolute Gasteiger partial charge is 0.0355 e. The minimum absolute atomic E-state index is 1.01. The van der Waals surface area contributed by atoms with Crippen molar-refractivity contribution in [1.29, 1.82) is 0 Å². The first-order valence-corrected chi connectivity index (χ1v) is 5.33. The Morgan fingerprint density at radius 1 is 1.18 bits per heavy atom. The molecule has 2 saturated carbocycles. The molecule has 2 fully saturated rings. The first-order valence-electron chi connectivity index (χ1n) is 5.33. The Balaban J connectivity index is 1.84. The molecule has 0 saturated heterocycles. The van der Waals surface area contributed by atoms with Gasteiger partial charge in [0.2, 0.25) is 0 Å². The summed E-state index contributed by atoms with van der Waals surface area (Å²) in [5.74, 6) is 4.45. The number of hydrogen-bond acceptors (Lipinski definition) is 0. The van der Waals surface area contributed by atoms with Gasteiger partial charge in [0, 0.05) is 0 Å². The molecule has 0 heteroatoms. The Bertz CT molecular complexity index is 135. The van der Waals surface area contributed by atoms with Gasteiger partial charge in [0.1, 0.15) is 0 Å². The van der Waals surface area contributed by atoms with E-state index in [1.165, 1.54) is 18.8 Å². The molecule has 2 rings (SSSR count). The van der Waals surface area contributed by atoms with Gasteiger partial charge in [0.15, 0.2) is 0 Å². The Labute approximate surface area is 70.4 Å². The van der Waals surface area contributed by atoms with Crippen LogP contribution in [0.4, 0.5) is 0 Å². The van der Waals surface area contributed by atoms with E-state index in [0.717, 1.165) is 17.8 Å². The summed E-state index contributed by atoms with van der Waals surface area (Å²) in [4.78, 5) is 0. The van der Waals surface area contributed by atoms with Crippen molar-refractivity contribution >= 4 is 0 Å². The van der Waals surface area contributed by atoms with Crippen molar-refractivity contribution < 1.29 is 0 Å². The molecule has 0 aromatic rings. The molecule has 0 bridgehead atoms. The van der Waals surface area contributed by atoms with E-state index < -0.39 is 0 Å². The van der Waals surface area contributed by atoms with Gasteiger partial charge in [-0.15, -0.1) is 0 Å². The normalized spacial score (nSPS) is 39.8. The molecule has 0 amide bonds. The van der Waals surface area contributed by atoms with E-state index in [-0.39, 0.29) is 0 Å². The van der Waals surface area contributed by atoms with Crippen LogP contribution in [0.2, 0.25) is 0 Å². The average molecular weight is 152 g/mol. The SMILES string of the molecule is CCC(C)C1CCC1C1CC1. The molecule has 0 aliphatic heterocycles. The molecule has 0 aromatic heterocycles. The molecule has 0 heterocycles. The van der Waals surface area contributed by atoms with E-state index in [2.05, 4.69) is 13.8 Å². The fourth-order valence-electron chi connectivity index (χ4n) is 2.67. The Kier molecular flexibility index (Phi) is 1.95. The summed E-state index contributed by atoms with van der Waals surface area (Å²) in [7, 11) is 0. The second-order valence-electron chi connectivity index (χ2n) is 4.63. The summed E-state index contributed by atoms with van der Waals surface area (Å²) in [6.45, 7) is 4.78. The quantitative estimate of drug-likeness (QED) is 0.581. The highest BCUT2D eigenvalue weighted by Gasteiger charge is 2.43. The van der Waals surface area contributed by atoms with Crippen molar-refractivity contribution in [3.05, 3.63) is 0 Å². The average Bonchev–Trinajstić information content (AvgIpc) is 2.69. The zero-order valence-electron chi connectivity index (χ0n) is 7.84. The second-order valence-corrected chi connectivity index (χ2v) is 4.63. The maximum Gasteiger partial charge on any atom is -0.0355 e. The Morgan fingerprint density at radius 2 is 1.91 bits per heavy atom. The molecule has 0 aromatic carbocycles. The maximum atomic E-state index is 2.44. The molecule has 3 unspecified atom stereocenters. The third-order valence-corrected chi connectivity index (χ3v) is 3.99. The lowest BCUT2D eigenvalue weighted by Gasteiger charge is -2.41. The van der Waals surface area contributed by atoms with Crippen LogP contribution in [0, 0.1) is 23.7 Å². The van der Waals surface area contributed by atoms with Crippen LogP contribution in [-0.4, -0.2) is 0 Å². The van der Waals surface area contributed by atoms with Crippen molar-refractivity contribution in [3.8, 4) is 0 Å². The molecule has 0 spiro atoms. The van der Waals surface area contributed by atoms with E-state index in [1.807, 2.05) is 0 Å². The lowest BCUT2D eigenvalue weighted by Crippen LogP contribution is -2.32. The lowest BCUT2D eigenvalue weighted by molar-refractivity contribution is 0.0908. The van der Waals surface area contributed by atoms with Crippen LogP contribution in [-0.2, 0) is 0 Å². The molecule has 3 atom stereocenters. The van der Waals surface area contributed by atoms with Gasteiger partial charge in [-0.3, -0.25) is 0 Å². The Hall–Kier alpha value is 0. The molecule has 2 aliphatic rings. The van der Waals surface area contributed by atoms with Crippen molar-refractivity contribution in [3.63, 3.8) is 0 Å². The molecule has 0 nitrogen and oxygen atoms in total. The molecule has 0 radical (unpaired) electrons. The van der Waals surface area contributed by atoms with Gasteiger partial charge < -0.3 is 0 Å². The van der Waals surface area contributed by atoms with Gasteiger partial charge in [0.25, 0.3) is 0 Å². The van der Waals surface area contributed by atoms with Gasteiger partial charge in [-0.05, 0) is 49.4 Å². The Morgan fingerprint density at radius 3 is 2.27 bits per heavy atom. The van der Waals surface area contributed by atoms with E-state index >= 15 is 0 Å². The third kappa shape index (κ3) is 1.32. The topological polar surface area (TPSA) is 0 Å². The molecule has 64 valence electrons. The molecule has 11 heavy (non-hydrogen) atoms. The van der Waals surface area contributed by atoms with E-state index in [0.29, 0.717) is 0 Å². The van der Waals surface area contributed by atoms with Crippen LogP contribution in [0.3, 0.4) is 0 Å². The summed E-state index contributed by atoms with van der Waals surface area (Å²) in [6.07, 6.45) is 7.60. The molecular formula is C11H20. The predicted octanol–water partition coefficient (Wildman–Crippen LogP) is 3.47. The van der Waals surface area contributed by atoms with Gasteiger partial charge in [-0.2, -0.15) is 0 Å². The standard InChI is InChI=1S/C11H20/c1-3-8(2)10-6-7-11(10)9-4-5-9/h8-11H,3-7H2,1-2H3. The summed E-state index contributed by atoms with van der Waals surface area (Å²) in [5.41, 5.74) is 0. The number of rotatable bonds is 3. The number of hydrogen-bond donors (Lipinski definition) is 0. The van der Waals surface area contributed by atoms with Crippen LogP contribution in [0.15, 0.2) is 0 Å². The van der Waals surface area contributed by atoms with Gasteiger partial charge in [0.05, 0.1) is 0 Å². The van der Waals surface area contributed by atoms with Gasteiger partial charge >= 0.3 is 0 Å². The lowest BCUT2D eigenvalue weighted by atomic mass is 9.65. The van der Waals surface area contributed by atoms with Crippen LogP contribution in [0.25, 0.3) is 0 Å². The third-order valence-electron chi connectivity index (χ3n) is 3.99. The van der Waals surface area contributed by atoms with E-state index in [9.17, 15) is 0 Å². The fraction of sp³-hybridized carbons (Fsp3) is 1.00. The van der Waals surface area contributed by atoms with Crippen LogP contribution >= 0.6 is 0 Å². The highest BCUT2D eigenvalue weighted by atomic mass is 14.5. The van der Waals surface area contributed by atoms with Gasteiger partial charge in [-0.25, -0.2) is 0 Å². The predicted molar refractivity (Wildman–Crippen MR) is 48.4 cm³/mol. The van der Waals surface area contributed by atoms with Gasteiger partial charge in [-0.1, -0.05) is 20.3 Å². The van der Waals surface area contributed by atoms with Crippen LogP contribution in [0.1, 0.15) is 46.0 Å². The van der Waals surface area contributed by atoms with E-state index in [4.69, 9.17) is 0 Å². The monoisotopic (exact) mass is 152 g/mol.